The van der Waals surface area contributed by atoms with E-state index >= 15 is 0 Å². The van der Waals surface area contributed by atoms with Gasteiger partial charge in [-0.3, -0.25) is 4.98 Å². The van der Waals surface area contributed by atoms with Crippen molar-refractivity contribution in [2.75, 3.05) is 0 Å². The fourth-order valence-corrected chi connectivity index (χ4v) is 5.42. The van der Waals surface area contributed by atoms with Gasteiger partial charge in [0.2, 0.25) is 0 Å². The molecular weight excluding hydrogens is 459 g/mol. The van der Waals surface area contributed by atoms with E-state index in [1.54, 1.807) is 0 Å². The minimum atomic E-state index is -2.05. The van der Waals surface area contributed by atoms with Crippen LogP contribution in [0, 0.1) is 6.92 Å². The SMILES string of the molecule is Cc1ncc(CO[Si](C)(C)C(C)(C)C)c(CO[Si](C)(C)C(C)(C)C)c1O[Si](C)(C)C(C)(C)C. The van der Waals surface area contributed by atoms with Crippen LogP contribution < -0.4 is 4.43 Å². The maximum Gasteiger partial charge on any atom is 0.250 e. The molecule has 1 heterocycles. The molecule has 1 rings (SSSR count). The molecule has 1 aromatic rings. The molecule has 0 saturated carbocycles. The first-order valence-corrected chi connectivity index (χ1v) is 21.1. The van der Waals surface area contributed by atoms with Gasteiger partial charge in [-0.1, -0.05) is 62.3 Å². The number of hydrogen-bond acceptors (Lipinski definition) is 4. The van der Waals surface area contributed by atoms with E-state index < -0.39 is 25.0 Å². The summed E-state index contributed by atoms with van der Waals surface area (Å²) in [6.07, 6.45) is 1.98. The average molecular weight is 512 g/mol. The van der Waals surface area contributed by atoms with Crippen molar-refractivity contribution in [3.63, 3.8) is 0 Å². The van der Waals surface area contributed by atoms with Crippen molar-refractivity contribution in [2.24, 2.45) is 0 Å². The second-order valence-corrected chi connectivity index (χ2v) is 28.5. The number of pyridine rings is 1. The van der Waals surface area contributed by atoms with Crippen molar-refractivity contribution in [1.29, 1.82) is 0 Å². The Bertz CT molecular complexity index is 814. The summed E-state index contributed by atoms with van der Waals surface area (Å²) in [6, 6.07) is 0. The van der Waals surface area contributed by atoms with Crippen LogP contribution in [0.3, 0.4) is 0 Å². The zero-order chi connectivity index (χ0) is 26.3. The highest BCUT2D eigenvalue weighted by Gasteiger charge is 2.42. The van der Waals surface area contributed by atoms with Gasteiger partial charge in [0.1, 0.15) is 5.75 Å². The molecule has 0 bridgehead atoms. The fraction of sp³-hybridized carbons (Fsp3) is 0.808. The molecule has 33 heavy (non-hydrogen) atoms. The summed E-state index contributed by atoms with van der Waals surface area (Å²) in [6.45, 7) is 37.5. The second kappa shape index (κ2) is 9.88. The smallest absolute Gasteiger partial charge is 0.250 e. The fourth-order valence-electron chi connectivity index (χ4n) is 2.45. The Kier molecular flexibility index (Phi) is 9.14. The summed E-state index contributed by atoms with van der Waals surface area (Å²) >= 11 is 0. The molecule has 4 nitrogen and oxygen atoms in total. The first-order valence-electron chi connectivity index (χ1n) is 12.4. The third kappa shape index (κ3) is 7.50. The van der Waals surface area contributed by atoms with Gasteiger partial charge in [-0.05, 0) is 61.3 Å². The van der Waals surface area contributed by atoms with Crippen LogP contribution in [-0.2, 0) is 22.1 Å². The van der Waals surface area contributed by atoms with E-state index in [-0.39, 0.29) is 15.1 Å². The van der Waals surface area contributed by atoms with E-state index in [0.717, 1.165) is 22.6 Å². The molecule has 0 atom stereocenters. The quantitative estimate of drug-likeness (QED) is 0.327. The van der Waals surface area contributed by atoms with Gasteiger partial charge in [0, 0.05) is 17.3 Å². The van der Waals surface area contributed by atoms with E-state index in [1.165, 1.54) is 0 Å². The normalized spacial score (nSPS) is 14.5. The maximum atomic E-state index is 6.89. The van der Waals surface area contributed by atoms with E-state index in [0.29, 0.717) is 13.2 Å². The van der Waals surface area contributed by atoms with Crippen LogP contribution in [0.4, 0.5) is 0 Å². The van der Waals surface area contributed by atoms with Crippen molar-refractivity contribution in [1.82, 2.24) is 4.98 Å². The highest BCUT2D eigenvalue weighted by molar-refractivity contribution is 6.75. The summed E-state index contributed by atoms with van der Waals surface area (Å²) in [4.78, 5) is 4.75. The van der Waals surface area contributed by atoms with Crippen LogP contribution in [0.5, 0.6) is 5.75 Å². The Labute approximate surface area is 208 Å². The number of rotatable bonds is 8. The van der Waals surface area contributed by atoms with Crippen molar-refractivity contribution in [3.8, 4) is 5.75 Å². The van der Waals surface area contributed by atoms with Crippen LogP contribution in [0.2, 0.25) is 54.4 Å². The molecule has 0 saturated heterocycles. The van der Waals surface area contributed by atoms with Gasteiger partial charge in [0.05, 0.1) is 18.9 Å². The highest BCUT2D eigenvalue weighted by Crippen LogP contribution is 2.42. The second-order valence-electron chi connectivity index (χ2n) is 14.1. The van der Waals surface area contributed by atoms with Crippen LogP contribution in [-0.4, -0.2) is 29.9 Å². The molecule has 0 aromatic carbocycles. The lowest BCUT2D eigenvalue weighted by atomic mass is 10.1. The predicted molar refractivity (Wildman–Crippen MR) is 151 cm³/mol. The van der Waals surface area contributed by atoms with Gasteiger partial charge in [-0.15, -0.1) is 0 Å². The lowest BCUT2D eigenvalue weighted by Crippen LogP contribution is -2.44. The minimum Gasteiger partial charge on any atom is -0.542 e. The van der Waals surface area contributed by atoms with Crippen molar-refractivity contribution in [3.05, 3.63) is 23.0 Å². The average Bonchev–Trinajstić information content (AvgIpc) is 2.58. The maximum absolute atomic E-state index is 6.89. The molecule has 0 radical (unpaired) electrons. The lowest BCUT2D eigenvalue weighted by Gasteiger charge is -2.39. The van der Waals surface area contributed by atoms with Crippen LogP contribution in [0.15, 0.2) is 6.20 Å². The molecular formula is C26H53NO3Si3. The summed E-state index contributed by atoms with van der Waals surface area (Å²) < 4.78 is 20.2. The molecule has 0 fully saturated rings. The summed E-state index contributed by atoms with van der Waals surface area (Å²) in [5.74, 6) is 0.914. The van der Waals surface area contributed by atoms with Gasteiger partial charge in [-0.2, -0.15) is 0 Å². The first-order chi connectivity index (χ1) is 14.4. The van der Waals surface area contributed by atoms with E-state index in [4.69, 9.17) is 18.3 Å². The monoisotopic (exact) mass is 511 g/mol. The zero-order valence-electron chi connectivity index (χ0n) is 24.7. The molecule has 192 valence electrons. The molecule has 0 aliphatic rings. The van der Waals surface area contributed by atoms with Crippen molar-refractivity contribution < 1.29 is 13.3 Å². The first kappa shape index (κ1) is 30.6. The van der Waals surface area contributed by atoms with Crippen LogP contribution in [0.25, 0.3) is 0 Å². The van der Waals surface area contributed by atoms with Crippen molar-refractivity contribution in [2.45, 2.75) is 137 Å². The van der Waals surface area contributed by atoms with E-state index in [1.807, 2.05) is 6.20 Å². The number of aryl methyl sites for hydroxylation is 1. The molecule has 0 unspecified atom stereocenters. The largest absolute Gasteiger partial charge is 0.542 e. The van der Waals surface area contributed by atoms with Gasteiger partial charge < -0.3 is 13.3 Å². The number of hydrogen-bond donors (Lipinski definition) is 0. The molecule has 0 N–H and O–H groups in total. The lowest BCUT2D eigenvalue weighted by molar-refractivity contribution is 0.253. The third-order valence-corrected chi connectivity index (χ3v) is 21.6. The molecule has 0 aliphatic heterocycles. The Morgan fingerprint density at radius 1 is 0.667 bits per heavy atom. The standard InChI is InChI=1S/C26H53NO3Si3/c1-20-23(30-33(15,16)26(8,9)10)22(19-29-32(13,14)25(5,6)7)21(17-27-20)18-28-31(11,12)24(2,3)4/h17H,18-19H2,1-16H3. The Morgan fingerprint density at radius 2 is 1.06 bits per heavy atom. The molecule has 0 aliphatic carbocycles. The predicted octanol–water partition coefficient (Wildman–Crippen LogP) is 8.82. The Hall–Kier alpha value is -0.479. The summed E-state index contributed by atoms with van der Waals surface area (Å²) in [7, 11) is -5.88. The van der Waals surface area contributed by atoms with E-state index in [9.17, 15) is 0 Å². The topological polar surface area (TPSA) is 40.6 Å². The van der Waals surface area contributed by atoms with Gasteiger partial charge in [0.15, 0.2) is 16.6 Å². The molecule has 0 spiro atoms. The molecule has 0 amide bonds. The molecule has 1 aromatic heterocycles. The third-order valence-electron chi connectivity index (χ3n) is 8.35. The van der Waals surface area contributed by atoms with Gasteiger partial charge >= 0.3 is 0 Å². The Balaban J connectivity index is 3.50. The zero-order valence-corrected chi connectivity index (χ0v) is 27.7. The summed E-state index contributed by atoms with van der Waals surface area (Å²) in [5.41, 5.74) is 3.15. The summed E-state index contributed by atoms with van der Waals surface area (Å²) in [5, 5.41) is 0.404. The van der Waals surface area contributed by atoms with Crippen LogP contribution in [0.1, 0.15) is 79.1 Å². The molecule has 7 heteroatoms. The van der Waals surface area contributed by atoms with Gasteiger partial charge in [-0.25, -0.2) is 0 Å². The highest BCUT2D eigenvalue weighted by atomic mass is 28.4. The van der Waals surface area contributed by atoms with Gasteiger partial charge in [0.25, 0.3) is 8.32 Å². The number of aromatic nitrogens is 1. The Morgan fingerprint density at radius 3 is 1.45 bits per heavy atom. The number of nitrogens with zero attached hydrogens (tertiary/aromatic N) is 1. The minimum absolute atomic E-state index is 0.102. The van der Waals surface area contributed by atoms with Crippen molar-refractivity contribution >= 4 is 25.0 Å². The van der Waals surface area contributed by atoms with Crippen LogP contribution >= 0.6 is 0 Å². The van der Waals surface area contributed by atoms with E-state index in [2.05, 4.69) is 109 Å².